The lowest BCUT2D eigenvalue weighted by Crippen LogP contribution is -2.46. The van der Waals surface area contributed by atoms with E-state index >= 15 is 4.39 Å². The molecule has 36 heavy (non-hydrogen) atoms. The van der Waals surface area contributed by atoms with Crippen molar-refractivity contribution in [3.05, 3.63) is 58.9 Å². The van der Waals surface area contributed by atoms with Crippen LogP contribution in [0.2, 0.25) is 0 Å². The Morgan fingerprint density at radius 3 is 2.83 bits per heavy atom. The van der Waals surface area contributed by atoms with Crippen molar-refractivity contribution in [3.8, 4) is 17.2 Å². The van der Waals surface area contributed by atoms with Gasteiger partial charge in [-0.15, -0.1) is 0 Å². The molecule has 0 radical (unpaired) electrons. The number of nitrogens with zero attached hydrogens (tertiary/aromatic N) is 2. The molecule has 1 spiro atoms. The summed E-state index contributed by atoms with van der Waals surface area (Å²) in [7, 11) is 2.13. The SMILES string of the molecule is CN1CCC2(CC1)OCc1ccc(-c3ccc(C[C@@H](C#N)NC(=O)[C@@H]4CNCCCO4)c(F)c3)cc12. The molecule has 2 fully saturated rings. The molecule has 1 amide bonds. The van der Waals surface area contributed by atoms with Crippen LogP contribution >= 0.6 is 0 Å². The lowest BCUT2D eigenvalue weighted by molar-refractivity contribution is -0.132. The summed E-state index contributed by atoms with van der Waals surface area (Å²) in [4.78, 5) is 14.9. The van der Waals surface area contributed by atoms with Crippen LogP contribution in [0.25, 0.3) is 11.1 Å². The van der Waals surface area contributed by atoms with E-state index in [4.69, 9.17) is 9.47 Å². The van der Waals surface area contributed by atoms with E-state index in [1.807, 2.05) is 12.1 Å². The first kappa shape index (κ1) is 24.8. The van der Waals surface area contributed by atoms with Crippen molar-refractivity contribution in [2.24, 2.45) is 0 Å². The minimum Gasteiger partial charge on any atom is -0.367 e. The molecule has 0 aliphatic carbocycles. The molecule has 3 heterocycles. The number of nitriles is 1. The van der Waals surface area contributed by atoms with Crippen molar-refractivity contribution in [3.63, 3.8) is 0 Å². The van der Waals surface area contributed by atoms with E-state index in [1.165, 1.54) is 17.2 Å². The Labute approximate surface area is 211 Å². The molecule has 3 aliphatic rings. The van der Waals surface area contributed by atoms with Crippen molar-refractivity contribution >= 4 is 5.91 Å². The Hall–Kier alpha value is -2.83. The quantitative estimate of drug-likeness (QED) is 0.668. The molecule has 5 rings (SSSR count). The molecule has 2 aromatic carbocycles. The van der Waals surface area contributed by atoms with Crippen molar-refractivity contribution in [1.82, 2.24) is 15.5 Å². The monoisotopic (exact) mass is 492 g/mol. The molecular weight excluding hydrogens is 459 g/mol. The maximum Gasteiger partial charge on any atom is 0.251 e. The number of halogens is 1. The second-order valence-electron chi connectivity index (χ2n) is 10.1. The average Bonchev–Trinajstić information content (AvgIpc) is 3.05. The summed E-state index contributed by atoms with van der Waals surface area (Å²) >= 11 is 0. The van der Waals surface area contributed by atoms with Gasteiger partial charge in [0, 0.05) is 32.7 Å². The van der Waals surface area contributed by atoms with Gasteiger partial charge >= 0.3 is 0 Å². The third-order valence-corrected chi connectivity index (χ3v) is 7.62. The molecule has 2 aromatic rings. The number of carbonyl (C=O) groups is 1. The zero-order valence-corrected chi connectivity index (χ0v) is 20.7. The van der Waals surface area contributed by atoms with E-state index in [2.05, 4.69) is 40.8 Å². The van der Waals surface area contributed by atoms with Crippen molar-refractivity contribution in [2.75, 3.05) is 39.8 Å². The summed E-state index contributed by atoms with van der Waals surface area (Å²) < 4.78 is 27.0. The predicted octanol–water partition coefficient (Wildman–Crippen LogP) is 2.87. The Morgan fingerprint density at radius 2 is 2.06 bits per heavy atom. The minimum atomic E-state index is -0.842. The van der Waals surface area contributed by atoms with Crippen molar-refractivity contribution in [1.29, 1.82) is 5.26 Å². The highest BCUT2D eigenvalue weighted by molar-refractivity contribution is 5.81. The first-order valence-electron chi connectivity index (χ1n) is 12.7. The van der Waals surface area contributed by atoms with Gasteiger partial charge in [0.2, 0.25) is 0 Å². The fourth-order valence-corrected chi connectivity index (χ4v) is 5.38. The second kappa shape index (κ2) is 10.7. The second-order valence-corrected chi connectivity index (χ2v) is 10.1. The highest BCUT2D eigenvalue weighted by Gasteiger charge is 2.42. The molecule has 8 heteroatoms. The topological polar surface area (TPSA) is 86.6 Å². The number of amides is 1. The number of ether oxygens (including phenoxy) is 2. The van der Waals surface area contributed by atoms with Crippen LogP contribution < -0.4 is 10.6 Å². The highest BCUT2D eigenvalue weighted by Crippen LogP contribution is 2.45. The van der Waals surface area contributed by atoms with E-state index in [9.17, 15) is 10.1 Å². The summed E-state index contributed by atoms with van der Waals surface area (Å²) in [5.74, 6) is -0.740. The zero-order valence-electron chi connectivity index (χ0n) is 20.7. The summed E-state index contributed by atoms with van der Waals surface area (Å²) in [5.41, 5.74) is 4.31. The molecule has 0 bridgehead atoms. The number of hydrogen-bond acceptors (Lipinski definition) is 6. The molecule has 0 aromatic heterocycles. The van der Waals surface area contributed by atoms with Crippen LogP contribution in [0, 0.1) is 17.1 Å². The number of carbonyl (C=O) groups excluding carboxylic acids is 1. The van der Waals surface area contributed by atoms with Gasteiger partial charge in [-0.2, -0.15) is 5.26 Å². The van der Waals surface area contributed by atoms with Gasteiger partial charge in [-0.05, 0) is 72.8 Å². The van der Waals surface area contributed by atoms with Gasteiger partial charge in [0.1, 0.15) is 18.0 Å². The van der Waals surface area contributed by atoms with E-state index in [1.54, 1.807) is 6.07 Å². The van der Waals surface area contributed by atoms with Crippen LogP contribution in [0.15, 0.2) is 36.4 Å². The van der Waals surface area contributed by atoms with Gasteiger partial charge < -0.3 is 25.0 Å². The molecule has 2 N–H and O–H groups in total. The molecule has 0 saturated carbocycles. The number of hydrogen-bond donors (Lipinski definition) is 2. The van der Waals surface area contributed by atoms with Gasteiger partial charge in [-0.1, -0.05) is 24.3 Å². The van der Waals surface area contributed by atoms with Crippen LogP contribution in [0.5, 0.6) is 0 Å². The lowest BCUT2D eigenvalue weighted by atomic mass is 9.82. The van der Waals surface area contributed by atoms with Crippen molar-refractivity contribution in [2.45, 2.75) is 50.0 Å². The van der Waals surface area contributed by atoms with Crippen LogP contribution in [-0.4, -0.2) is 62.8 Å². The molecule has 190 valence electrons. The van der Waals surface area contributed by atoms with E-state index in [-0.39, 0.29) is 23.7 Å². The summed E-state index contributed by atoms with van der Waals surface area (Å²) in [5, 5.41) is 15.4. The molecule has 0 unspecified atom stereocenters. The maximum absolute atomic E-state index is 15.2. The number of piperidine rings is 1. The standard InChI is InChI=1S/C28H33FN4O3/c1-33-10-7-28(8-11-33)24-14-19(4-6-22(24)18-36-28)20-3-5-21(25(29)15-20)13-23(16-30)32-27(34)26-17-31-9-2-12-35-26/h3-6,14-15,23,26,31H,2,7-13,17-18H2,1H3,(H,32,34)/t23-,26-/m0/s1. The Balaban J connectivity index is 1.29. The van der Waals surface area contributed by atoms with Crippen LogP contribution in [0.1, 0.15) is 36.0 Å². The number of benzene rings is 2. The lowest BCUT2D eigenvalue weighted by Gasteiger charge is -2.37. The Bertz CT molecular complexity index is 1150. The largest absolute Gasteiger partial charge is 0.367 e. The number of rotatable bonds is 5. The first-order valence-corrected chi connectivity index (χ1v) is 12.7. The third kappa shape index (κ3) is 5.16. The smallest absolute Gasteiger partial charge is 0.251 e. The highest BCUT2D eigenvalue weighted by atomic mass is 19.1. The molecular formula is C28H33FN4O3. The molecule has 7 nitrogen and oxygen atoms in total. The molecule has 2 saturated heterocycles. The number of likely N-dealkylation sites (tertiary alicyclic amines) is 1. The zero-order chi connectivity index (χ0) is 25.1. The fourth-order valence-electron chi connectivity index (χ4n) is 5.38. The Kier molecular flexibility index (Phi) is 7.35. The average molecular weight is 493 g/mol. The summed E-state index contributed by atoms with van der Waals surface area (Å²) in [6, 6.07) is 12.6. The molecule has 2 atom stereocenters. The first-order chi connectivity index (χ1) is 17.5. The van der Waals surface area contributed by atoms with Crippen molar-refractivity contribution < 1.29 is 18.7 Å². The minimum absolute atomic E-state index is 0.0865. The maximum atomic E-state index is 15.2. The number of nitrogens with one attached hydrogen (secondary N) is 2. The van der Waals surface area contributed by atoms with Crippen LogP contribution in [0.4, 0.5) is 4.39 Å². The van der Waals surface area contributed by atoms with E-state index in [0.29, 0.717) is 25.3 Å². The van der Waals surface area contributed by atoms with Gasteiger partial charge in [-0.3, -0.25) is 4.79 Å². The summed E-state index contributed by atoms with van der Waals surface area (Å²) in [6.45, 7) is 4.29. The molecule has 3 aliphatic heterocycles. The number of fused-ring (bicyclic) bond motifs is 2. The van der Waals surface area contributed by atoms with Crippen LogP contribution in [-0.2, 0) is 32.9 Å². The third-order valence-electron chi connectivity index (χ3n) is 7.62. The van der Waals surface area contributed by atoms with Gasteiger partial charge in [-0.25, -0.2) is 4.39 Å². The predicted molar refractivity (Wildman–Crippen MR) is 134 cm³/mol. The van der Waals surface area contributed by atoms with Gasteiger partial charge in [0.05, 0.1) is 18.3 Å². The van der Waals surface area contributed by atoms with Crippen LogP contribution in [0.3, 0.4) is 0 Å². The Morgan fingerprint density at radius 1 is 1.28 bits per heavy atom. The van der Waals surface area contributed by atoms with Gasteiger partial charge in [0.15, 0.2) is 0 Å². The van der Waals surface area contributed by atoms with E-state index in [0.717, 1.165) is 50.0 Å². The van der Waals surface area contributed by atoms with Gasteiger partial charge in [0.25, 0.3) is 5.91 Å². The summed E-state index contributed by atoms with van der Waals surface area (Å²) in [6.07, 6.45) is 2.18. The fraction of sp³-hybridized carbons (Fsp3) is 0.500. The van der Waals surface area contributed by atoms with E-state index < -0.39 is 12.1 Å². The normalized spacial score (nSPS) is 22.4.